The molecule has 0 saturated carbocycles. The van der Waals surface area contributed by atoms with E-state index in [4.69, 9.17) is 4.74 Å². The highest BCUT2D eigenvalue weighted by molar-refractivity contribution is 5.29. The van der Waals surface area contributed by atoms with E-state index in [1.807, 2.05) is 13.2 Å². The highest BCUT2D eigenvalue weighted by atomic mass is 16.5. The molecule has 1 aromatic heterocycles. The Hall–Kier alpha value is -1.09. The number of methoxy groups -OCH3 is 1. The maximum absolute atomic E-state index is 5.20. The monoisotopic (exact) mass is 222 g/mol. The van der Waals surface area contributed by atoms with E-state index in [9.17, 15) is 0 Å². The topological polar surface area (TPSA) is 34.2 Å². The third-order valence-corrected chi connectivity index (χ3v) is 3.04. The van der Waals surface area contributed by atoms with Crippen molar-refractivity contribution in [3.63, 3.8) is 0 Å². The lowest BCUT2D eigenvalue weighted by Crippen LogP contribution is -2.30. The van der Waals surface area contributed by atoms with Gasteiger partial charge in [0.2, 0.25) is 0 Å². The smallest absolute Gasteiger partial charge is 0.137 e. The molecule has 0 aliphatic heterocycles. The quantitative estimate of drug-likeness (QED) is 0.830. The summed E-state index contributed by atoms with van der Waals surface area (Å²) in [6, 6.07) is 2.55. The minimum absolute atomic E-state index is 0.101. The zero-order valence-corrected chi connectivity index (χ0v) is 10.9. The Kier molecular flexibility index (Phi) is 4.30. The Morgan fingerprint density at radius 1 is 1.44 bits per heavy atom. The molecule has 1 heterocycles. The molecule has 0 aliphatic carbocycles. The normalized spacial score (nSPS) is 13.6. The third-order valence-electron chi connectivity index (χ3n) is 3.04. The first-order chi connectivity index (χ1) is 7.49. The molecule has 16 heavy (non-hydrogen) atoms. The zero-order valence-electron chi connectivity index (χ0n) is 10.9. The Balaban J connectivity index is 2.88. The number of nitrogens with one attached hydrogen (secondary N) is 1. The summed E-state index contributed by atoms with van der Waals surface area (Å²) in [6.45, 7) is 6.66. The van der Waals surface area contributed by atoms with Crippen molar-refractivity contribution in [2.45, 2.75) is 38.6 Å². The molecule has 1 aromatic rings. The molecule has 1 N–H and O–H groups in total. The molecule has 3 nitrogen and oxygen atoms in total. The second kappa shape index (κ2) is 5.30. The molecule has 0 fully saturated rings. The van der Waals surface area contributed by atoms with Crippen LogP contribution in [0.2, 0.25) is 0 Å². The van der Waals surface area contributed by atoms with Crippen molar-refractivity contribution in [3.8, 4) is 5.75 Å². The van der Waals surface area contributed by atoms with Crippen molar-refractivity contribution in [1.82, 2.24) is 10.3 Å². The van der Waals surface area contributed by atoms with Gasteiger partial charge in [-0.1, -0.05) is 13.8 Å². The van der Waals surface area contributed by atoms with Gasteiger partial charge < -0.3 is 10.1 Å². The fourth-order valence-electron chi connectivity index (χ4n) is 1.89. The van der Waals surface area contributed by atoms with Crippen molar-refractivity contribution in [3.05, 3.63) is 24.0 Å². The average molecular weight is 222 g/mol. The van der Waals surface area contributed by atoms with Crippen LogP contribution in [0, 0.1) is 0 Å². The van der Waals surface area contributed by atoms with Crippen LogP contribution in [0.1, 0.15) is 32.8 Å². The van der Waals surface area contributed by atoms with Gasteiger partial charge in [0.15, 0.2) is 0 Å². The lowest BCUT2D eigenvalue weighted by Gasteiger charge is -2.28. The second-order valence-electron chi connectivity index (χ2n) is 4.89. The van der Waals surface area contributed by atoms with Crippen molar-refractivity contribution in [1.29, 1.82) is 0 Å². The van der Waals surface area contributed by atoms with Crippen LogP contribution in [-0.2, 0) is 5.41 Å². The first-order valence-electron chi connectivity index (χ1n) is 5.66. The number of aromatic nitrogens is 1. The lowest BCUT2D eigenvalue weighted by molar-refractivity contribution is 0.392. The molecule has 0 bridgehead atoms. The van der Waals surface area contributed by atoms with Crippen LogP contribution in [0.5, 0.6) is 5.75 Å². The Bertz CT molecular complexity index is 336. The number of nitrogens with zero attached hydrogens (tertiary/aromatic N) is 1. The molecule has 0 spiro atoms. The van der Waals surface area contributed by atoms with Crippen LogP contribution in [0.4, 0.5) is 0 Å². The fourth-order valence-corrected chi connectivity index (χ4v) is 1.89. The summed E-state index contributed by atoms with van der Waals surface area (Å²) in [6.07, 6.45) is 4.73. The summed E-state index contributed by atoms with van der Waals surface area (Å²) in [7, 11) is 3.66. The largest absolute Gasteiger partial charge is 0.495 e. The standard InChI is InChI=1S/C13H22N2O/c1-10(14-4)7-13(2,3)11-6-12(16-5)9-15-8-11/h6,8-10,14H,7H2,1-5H3. The summed E-state index contributed by atoms with van der Waals surface area (Å²) in [5, 5.41) is 3.27. The predicted octanol–water partition coefficient (Wildman–Crippen LogP) is 2.37. The molecule has 0 aromatic carbocycles. The van der Waals surface area contributed by atoms with E-state index in [2.05, 4.69) is 37.1 Å². The van der Waals surface area contributed by atoms with Gasteiger partial charge in [-0.25, -0.2) is 0 Å². The van der Waals surface area contributed by atoms with Crippen LogP contribution in [0.15, 0.2) is 18.5 Å². The molecule has 0 aliphatic rings. The zero-order chi connectivity index (χ0) is 12.2. The fraction of sp³-hybridized carbons (Fsp3) is 0.615. The summed E-state index contributed by atoms with van der Waals surface area (Å²) >= 11 is 0. The lowest BCUT2D eigenvalue weighted by atomic mass is 9.80. The minimum Gasteiger partial charge on any atom is -0.495 e. The van der Waals surface area contributed by atoms with E-state index >= 15 is 0 Å². The van der Waals surface area contributed by atoms with Gasteiger partial charge in [-0.15, -0.1) is 0 Å². The van der Waals surface area contributed by atoms with Gasteiger partial charge in [0.1, 0.15) is 5.75 Å². The van der Waals surface area contributed by atoms with Crippen LogP contribution >= 0.6 is 0 Å². The molecule has 1 unspecified atom stereocenters. The van der Waals surface area contributed by atoms with E-state index < -0.39 is 0 Å². The van der Waals surface area contributed by atoms with Crippen molar-refractivity contribution in [2.24, 2.45) is 0 Å². The van der Waals surface area contributed by atoms with Crippen LogP contribution < -0.4 is 10.1 Å². The van der Waals surface area contributed by atoms with E-state index in [-0.39, 0.29) is 5.41 Å². The summed E-state index contributed by atoms with van der Waals surface area (Å²) in [5.74, 6) is 0.822. The van der Waals surface area contributed by atoms with Gasteiger partial charge in [0.05, 0.1) is 13.3 Å². The first-order valence-corrected chi connectivity index (χ1v) is 5.66. The maximum atomic E-state index is 5.20. The van der Waals surface area contributed by atoms with Crippen molar-refractivity contribution >= 4 is 0 Å². The number of hydrogen-bond donors (Lipinski definition) is 1. The van der Waals surface area contributed by atoms with Gasteiger partial charge in [-0.05, 0) is 37.4 Å². The summed E-state index contributed by atoms with van der Waals surface area (Å²) in [5.41, 5.74) is 1.32. The maximum Gasteiger partial charge on any atom is 0.137 e. The van der Waals surface area contributed by atoms with Crippen LogP contribution in [0.3, 0.4) is 0 Å². The first kappa shape index (κ1) is 13.0. The Labute approximate surface area is 98.2 Å². The average Bonchev–Trinajstić information content (AvgIpc) is 2.28. The van der Waals surface area contributed by atoms with Gasteiger partial charge >= 0.3 is 0 Å². The predicted molar refractivity (Wildman–Crippen MR) is 67.0 cm³/mol. The minimum atomic E-state index is 0.101. The Morgan fingerprint density at radius 3 is 2.69 bits per heavy atom. The highest BCUT2D eigenvalue weighted by Crippen LogP contribution is 2.29. The van der Waals surface area contributed by atoms with E-state index in [0.717, 1.165) is 12.2 Å². The van der Waals surface area contributed by atoms with Gasteiger partial charge in [-0.3, -0.25) is 4.98 Å². The SMILES string of the molecule is CNC(C)CC(C)(C)c1cncc(OC)c1. The van der Waals surface area contributed by atoms with E-state index in [0.29, 0.717) is 6.04 Å². The molecular weight excluding hydrogens is 200 g/mol. The molecule has 1 atom stereocenters. The molecule has 0 saturated heterocycles. The number of ether oxygens (including phenoxy) is 1. The molecule has 90 valence electrons. The second-order valence-corrected chi connectivity index (χ2v) is 4.89. The van der Waals surface area contributed by atoms with Gasteiger partial charge in [0, 0.05) is 12.2 Å². The molecule has 1 rings (SSSR count). The van der Waals surface area contributed by atoms with Gasteiger partial charge in [-0.2, -0.15) is 0 Å². The van der Waals surface area contributed by atoms with Crippen molar-refractivity contribution < 1.29 is 4.74 Å². The van der Waals surface area contributed by atoms with E-state index in [1.54, 1.807) is 13.3 Å². The number of hydrogen-bond acceptors (Lipinski definition) is 3. The molecule has 3 heteroatoms. The van der Waals surface area contributed by atoms with E-state index in [1.165, 1.54) is 5.56 Å². The third kappa shape index (κ3) is 3.20. The molecule has 0 amide bonds. The summed E-state index contributed by atoms with van der Waals surface area (Å²) < 4.78 is 5.20. The number of pyridine rings is 1. The van der Waals surface area contributed by atoms with Gasteiger partial charge in [0.25, 0.3) is 0 Å². The molecule has 0 radical (unpaired) electrons. The van der Waals surface area contributed by atoms with Crippen LogP contribution in [-0.4, -0.2) is 25.2 Å². The summed E-state index contributed by atoms with van der Waals surface area (Å²) in [4.78, 5) is 4.21. The molecular formula is C13H22N2O. The Morgan fingerprint density at radius 2 is 2.12 bits per heavy atom. The number of rotatable bonds is 5. The highest BCUT2D eigenvalue weighted by Gasteiger charge is 2.23. The van der Waals surface area contributed by atoms with Crippen LogP contribution in [0.25, 0.3) is 0 Å². The van der Waals surface area contributed by atoms with Crippen molar-refractivity contribution in [2.75, 3.05) is 14.2 Å².